The summed E-state index contributed by atoms with van der Waals surface area (Å²) in [7, 11) is 0. The zero-order chi connectivity index (χ0) is 17.6. The molecule has 1 aliphatic rings. The van der Waals surface area contributed by atoms with E-state index in [2.05, 4.69) is 40.3 Å². The van der Waals surface area contributed by atoms with Gasteiger partial charge in [0.2, 0.25) is 5.91 Å². The van der Waals surface area contributed by atoms with Crippen LogP contribution in [-0.4, -0.2) is 53.2 Å². The second-order valence-corrected chi connectivity index (χ2v) is 6.96. The van der Waals surface area contributed by atoms with E-state index in [9.17, 15) is 9.90 Å². The largest absolute Gasteiger partial charge is 0.393 e. The van der Waals surface area contributed by atoms with Crippen LogP contribution in [0.1, 0.15) is 37.3 Å². The number of amides is 1. The molecule has 1 aliphatic heterocycles. The van der Waals surface area contributed by atoms with Gasteiger partial charge in [-0.25, -0.2) is 0 Å². The summed E-state index contributed by atoms with van der Waals surface area (Å²) in [6.45, 7) is 5.76. The van der Waals surface area contributed by atoms with Crippen LogP contribution in [0.25, 0.3) is 10.9 Å². The Morgan fingerprint density at radius 1 is 1.32 bits per heavy atom. The van der Waals surface area contributed by atoms with E-state index >= 15 is 0 Å². The SMILES string of the molecule is CCc1cccc2c(CC(=O)NCCCN3CCC(O)CC3)c[nH]c12. The normalized spacial score (nSPS) is 16.4. The number of aryl methyl sites for hydroxylation is 1. The molecule has 0 atom stereocenters. The van der Waals surface area contributed by atoms with Crippen molar-refractivity contribution < 1.29 is 9.90 Å². The van der Waals surface area contributed by atoms with Crippen LogP contribution in [0, 0.1) is 0 Å². The Bertz CT molecular complexity index is 702. The number of hydrogen-bond donors (Lipinski definition) is 3. The first-order valence-corrected chi connectivity index (χ1v) is 9.42. The van der Waals surface area contributed by atoms with E-state index < -0.39 is 0 Å². The van der Waals surface area contributed by atoms with E-state index in [4.69, 9.17) is 0 Å². The van der Waals surface area contributed by atoms with Gasteiger partial charge in [-0.2, -0.15) is 0 Å². The lowest BCUT2D eigenvalue weighted by atomic mass is 10.1. The van der Waals surface area contributed by atoms with Crippen molar-refractivity contribution in [1.82, 2.24) is 15.2 Å². The minimum atomic E-state index is -0.125. The van der Waals surface area contributed by atoms with E-state index in [1.165, 1.54) is 5.56 Å². The summed E-state index contributed by atoms with van der Waals surface area (Å²) in [6, 6.07) is 6.27. The third-order valence-electron chi connectivity index (χ3n) is 5.15. The number of aromatic nitrogens is 1. The fourth-order valence-corrected chi connectivity index (χ4v) is 3.62. The second kappa shape index (κ2) is 8.50. The van der Waals surface area contributed by atoms with Gasteiger partial charge in [0.25, 0.3) is 0 Å². The van der Waals surface area contributed by atoms with Gasteiger partial charge in [0.15, 0.2) is 0 Å². The topological polar surface area (TPSA) is 68.4 Å². The molecule has 0 bridgehead atoms. The Morgan fingerprint density at radius 3 is 2.88 bits per heavy atom. The maximum absolute atomic E-state index is 12.2. The molecule has 0 unspecified atom stereocenters. The molecule has 0 aliphatic carbocycles. The van der Waals surface area contributed by atoms with Crippen molar-refractivity contribution in [3.05, 3.63) is 35.5 Å². The number of carbonyl (C=O) groups excluding carboxylic acids is 1. The molecule has 1 aromatic carbocycles. The molecule has 5 nitrogen and oxygen atoms in total. The molecule has 1 amide bonds. The number of hydrogen-bond acceptors (Lipinski definition) is 3. The van der Waals surface area contributed by atoms with Gasteiger partial charge < -0.3 is 20.3 Å². The van der Waals surface area contributed by atoms with Crippen LogP contribution in [-0.2, 0) is 17.6 Å². The summed E-state index contributed by atoms with van der Waals surface area (Å²) in [5, 5.41) is 13.7. The Labute approximate surface area is 149 Å². The molecular weight excluding hydrogens is 314 g/mol. The van der Waals surface area contributed by atoms with Crippen molar-refractivity contribution in [2.45, 2.75) is 45.1 Å². The zero-order valence-corrected chi connectivity index (χ0v) is 15.1. The smallest absolute Gasteiger partial charge is 0.224 e. The van der Waals surface area contributed by atoms with Gasteiger partial charge in [-0.15, -0.1) is 0 Å². The summed E-state index contributed by atoms with van der Waals surface area (Å²) < 4.78 is 0. The van der Waals surface area contributed by atoms with Crippen LogP contribution < -0.4 is 5.32 Å². The quantitative estimate of drug-likeness (QED) is 0.675. The van der Waals surface area contributed by atoms with Crippen molar-refractivity contribution in [3.8, 4) is 0 Å². The average molecular weight is 343 g/mol. The molecular formula is C20H29N3O2. The molecule has 1 saturated heterocycles. The minimum absolute atomic E-state index is 0.0804. The monoisotopic (exact) mass is 343 g/mol. The number of aliphatic hydroxyl groups is 1. The van der Waals surface area contributed by atoms with E-state index in [1.807, 2.05) is 6.20 Å². The van der Waals surface area contributed by atoms with E-state index in [-0.39, 0.29) is 12.0 Å². The summed E-state index contributed by atoms with van der Waals surface area (Å²) in [5.41, 5.74) is 3.50. The molecule has 0 saturated carbocycles. The molecule has 136 valence electrons. The number of para-hydroxylation sites is 1. The van der Waals surface area contributed by atoms with E-state index in [0.29, 0.717) is 13.0 Å². The van der Waals surface area contributed by atoms with Gasteiger partial charge in [0.05, 0.1) is 12.5 Å². The number of carbonyl (C=O) groups is 1. The van der Waals surface area contributed by atoms with Gasteiger partial charge in [0.1, 0.15) is 0 Å². The number of aliphatic hydroxyl groups excluding tert-OH is 1. The van der Waals surface area contributed by atoms with Crippen LogP contribution in [0.15, 0.2) is 24.4 Å². The Hall–Kier alpha value is -1.85. The zero-order valence-electron chi connectivity index (χ0n) is 15.1. The summed E-state index contributed by atoms with van der Waals surface area (Å²) in [4.78, 5) is 17.9. The maximum Gasteiger partial charge on any atom is 0.224 e. The minimum Gasteiger partial charge on any atom is -0.393 e. The standard InChI is InChI=1S/C20H29N3O2/c1-2-15-5-3-6-18-16(14-22-20(15)18)13-19(25)21-9-4-10-23-11-7-17(24)8-12-23/h3,5-6,14,17,22,24H,2,4,7-13H2,1H3,(H,21,25). The number of nitrogens with one attached hydrogen (secondary N) is 2. The first-order chi connectivity index (χ1) is 12.2. The van der Waals surface area contributed by atoms with Crippen LogP contribution in [0.3, 0.4) is 0 Å². The number of likely N-dealkylation sites (tertiary alicyclic amines) is 1. The molecule has 2 heterocycles. The Balaban J connectivity index is 1.44. The highest BCUT2D eigenvalue weighted by molar-refractivity contribution is 5.90. The van der Waals surface area contributed by atoms with Crippen LogP contribution >= 0.6 is 0 Å². The van der Waals surface area contributed by atoms with E-state index in [0.717, 1.165) is 61.8 Å². The molecule has 3 N–H and O–H groups in total. The molecule has 2 aromatic rings. The number of nitrogens with zero attached hydrogens (tertiary/aromatic N) is 1. The van der Waals surface area contributed by atoms with Gasteiger partial charge in [0, 0.05) is 36.7 Å². The summed E-state index contributed by atoms with van der Waals surface area (Å²) in [6.07, 6.45) is 5.93. The number of aromatic amines is 1. The molecule has 1 fully saturated rings. The van der Waals surface area contributed by atoms with Crippen LogP contribution in [0.4, 0.5) is 0 Å². The number of fused-ring (bicyclic) bond motifs is 1. The lowest BCUT2D eigenvalue weighted by molar-refractivity contribution is -0.120. The third kappa shape index (κ3) is 4.61. The van der Waals surface area contributed by atoms with Crippen molar-refractivity contribution in [3.63, 3.8) is 0 Å². The maximum atomic E-state index is 12.2. The lowest BCUT2D eigenvalue weighted by Gasteiger charge is -2.29. The van der Waals surface area contributed by atoms with Gasteiger partial charge >= 0.3 is 0 Å². The first kappa shape index (κ1) is 18.0. The Morgan fingerprint density at radius 2 is 2.12 bits per heavy atom. The third-order valence-corrected chi connectivity index (χ3v) is 5.15. The molecule has 0 spiro atoms. The van der Waals surface area contributed by atoms with E-state index in [1.54, 1.807) is 0 Å². The Kier molecular flexibility index (Phi) is 6.10. The van der Waals surface area contributed by atoms with Gasteiger partial charge in [-0.3, -0.25) is 4.79 Å². The molecule has 1 aromatic heterocycles. The lowest BCUT2D eigenvalue weighted by Crippen LogP contribution is -2.37. The summed E-state index contributed by atoms with van der Waals surface area (Å²) in [5.74, 6) is 0.0804. The molecule has 5 heteroatoms. The number of H-pyrrole nitrogens is 1. The summed E-state index contributed by atoms with van der Waals surface area (Å²) >= 11 is 0. The fraction of sp³-hybridized carbons (Fsp3) is 0.550. The van der Waals surface area contributed by atoms with Crippen LogP contribution in [0.5, 0.6) is 0 Å². The number of piperidine rings is 1. The highest BCUT2D eigenvalue weighted by atomic mass is 16.3. The van der Waals surface area contributed by atoms with Crippen molar-refractivity contribution >= 4 is 16.8 Å². The predicted molar refractivity (Wildman–Crippen MR) is 101 cm³/mol. The average Bonchev–Trinajstić information content (AvgIpc) is 3.03. The molecule has 25 heavy (non-hydrogen) atoms. The number of benzene rings is 1. The second-order valence-electron chi connectivity index (χ2n) is 6.96. The van der Waals surface area contributed by atoms with Gasteiger partial charge in [-0.1, -0.05) is 25.1 Å². The number of rotatable bonds is 7. The first-order valence-electron chi connectivity index (χ1n) is 9.42. The molecule has 3 rings (SSSR count). The predicted octanol–water partition coefficient (Wildman–Crippen LogP) is 2.24. The van der Waals surface area contributed by atoms with Gasteiger partial charge in [-0.05, 0) is 43.4 Å². The van der Waals surface area contributed by atoms with Crippen molar-refractivity contribution in [1.29, 1.82) is 0 Å². The highest BCUT2D eigenvalue weighted by Crippen LogP contribution is 2.22. The van der Waals surface area contributed by atoms with Crippen LogP contribution in [0.2, 0.25) is 0 Å². The van der Waals surface area contributed by atoms with Crippen molar-refractivity contribution in [2.24, 2.45) is 0 Å². The molecule has 0 radical (unpaired) electrons. The highest BCUT2D eigenvalue weighted by Gasteiger charge is 2.16. The fourth-order valence-electron chi connectivity index (χ4n) is 3.62. The van der Waals surface area contributed by atoms with Crippen molar-refractivity contribution in [2.75, 3.05) is 26.2 Å².